The summed E-state index contributed by atoms with van der Waals surface area (Å²) in [4.78, 5) is 12.7. The molecule has 2 aromatic rings. The molecule has 0 saturated heterocycles. The maximum Gasteiger partial charge on any atom is 0.416 e. The molecule has 0 radical (unpaired) electrons. The number of halogens is 4. The topological polar surface area (TPSA) is 40.5 Å². The lowest BCUT2D eigenvalue weighted by atomic mass is 9.71. The number of fused-ring (bicyclic) bond motifs is 1. The number of aryl methyl sites for hydroxylation is 1. The van der Waals surface area contributed by atoms with Crippen molar-refractivity contribution in [2.75, 3.05) is 20.1 Å². The number of alkyl halides is 3. The third kappa shape index (κ3) is 5.06. The molecule has 0 fully saturated rings. The van der Waals surface area contributed by atoms with Gasteiger partial charge in [0.05, 0.1) is 12.1 Å². The van der Waals surface area contributed by atoms with Gasteiger partial charge < -0.3 is 5.11 Å². The van der Waals surface area contributed by atoms with E-state index < -0.39 is 17.7 Å². The molecular weight excluding hydrogens is 391 g/mol. The first-order chi connectivity index (χ1) is 12.8. The van der Waals surface area contributed by atoms with Crippen LogP contribution < -0.4 is 0 Å². The number of aliphatic carboxylic acids is 1. The summed E-state index contributed by atoms with van der Waals surface area (Å²) in [6.45, 7) is 0.518. The molecule has 0 spiro atoms. The van der Waals surface area contributed by atoms with Gasteiger partial charge in [-0.3, -0.25) is 9.69 Å². The van der Waals surface area contributed by atoms with E-state index >= 15 is 0 Å². The number of hydrogen-bond donors (Lipinski definition) is 1. The fourth-order valence-corrected chi connectivity index (χ4v) is 4.05. The molecule has 0 saturated carbocycles. The molecule has 0 aromatic heterocycles. The second-order valence-electron chi connectivity index (χ2n) is 7.19. The summed E-state index contributed by atoms with van der Waals surface area (Å²) >= 11 is 0. The molecule has 1 aliphatic rings. The Morgan fingerprint density at radius 1 is 1.14 bits per heavy atom. The lowest BCUT2D eigenvalue weighted by Crippen LogP contribution is -2.35. The molecule has 28 heavy (non-hydrogen) atoms. The lowest BCUT2D eigenvalue weighted by molar-refractivity contribution is -0.138. The molecule has 7 heteroatoms. The number of carbonyl (C=O) groups is 1. The van der Waals surface area contributed by atoms with Crippen LogP contribution in [0.2, 0.25) is 0 Å². The first kappa shape index (κ1) is 22.2. The maximum absolute atomic E-state index is 12.9. The summed E-state index contributed by atoms with van der Waals surface area (Å²) in [6.07, 6.45) is -2.60. The monoisotopic (exact) mass is 413 g/mol. The van der Waals surface area contributed by atoms with Gasteiger partial charge in [-0.1, -0.05) is 36.4 Å². The van der Waals surface area contributed by atoms with Crippen LogP contribution in [0.25, 0.3) is 0 Å². The SMILES string of the molecule is CN(CC(=O)O)C[C@H]1CCc2ccccc2[C@H]1c1ccc(C(F)(F)F)cc1.Cl. The van der Waals surface area contributed by atoms with Crippen LogP contribution in [0.4, 0.5) is 13.2 Å². The van der Waals surface area contributed by atoms with Crippen LogP contribution in [0.3, 0.4) is 0 Å². The summed E-state index contributed by atoms with van der Waals surface area (Å²) in [7, 11) is 1.76. The molecule has 0 unspecified atom stereocenters. The van der Waals surface area contributed by atoms with Gasteiger partial charge in [0, 0.05) is 12.5 Å². The highest BCUT2D eigenvalue weighted by Crippen LogP contribution is 2.42. The zero-order valence-corrected chi connectivity index (χ0v) is 16.3. The van der Waals surface area contributed by atoms with E-state index in [2.05, 4.69) is 6.07 Å². The van der Waals surface area contributed by atoms with Gasteiger partial charge in [-0.15, -0.1) is 12.4 Å². The first-order valence-corrected chi connectivity index (χ1v) is 8.91. The predicted molar refractivity (Wildman–Crippen MR) is 104 cm³/mol. The summed E-state index contributed by atoms with van der Waals surface area (Å²) in [5.41, 5.74) is 2.51. The molecule has 2 aromatic carbocycles. The van der Waals surface area contributed by atoms with E-state index in [-0.39, 0.29) is 30.8 Å². The van der Waals surface area contributed by atoms with Crippen molar-refractivity contribution in [3.63, 3.8) is 0 Å². The molecule has 152 valence electrons. The van der Waals surface area contributed by atoms with Crippen molar-refractivity contribution in [1.82, 2.24) is 4.90 Å². The van der Waals surface area contributed by atoms with Crippen LogP contribution in [-0.2, 0) is 17.4 Å². The number of carboxylic acid groups (broad SMARTS) is 1. The highest BCUT2D eigenvalue weighted by atomic mass is 35.5. The Kier molecular flexibility index (Phi) is 7.12. The molecule has 0 amide bonds. The number of carboxylic acids is 1. The Bertz CT molecular complexity index is 808. The molecule has 2 atom stereocenters. The fraction of sp³-hybridized carbons (Fsp3) is 0.381. The second kappa shape index (κ2) is 8.97. The van der Waals surface area contributed by atoms with Crippen molar-refractivity contribution in [2.24, 2.45) is 5.92 Å². The third-order valence-corrected chi connectivity index (χ3v) is 5.19. The van der Waals surface area contributed by atoms with E-state index in [0.717, 1.165) is 36.1 Å². The highest BCUT2D eigenvalue weighted by Gasteiger charge is 2.33. The third-order valence-electron chi connectivity index (χ3n) is 5.19. The van der Waals surface area contributed by atoms with Gasteiger partial charge in [0.1, 0.15) is 0 Å². The zero-order valence-electron chi connectivity index (χ0n) is 15.4. The standard InChI is InChI=1S/C21H22F3NO2.ClH/c1-25(13-19(26)27)12-16-7-6-14-4-2-3-5-18(14)20(16)15-8-10-17(11-9-15)21(22,23)24;/h2-5,8-11,16,20H,6-7,12-13H2,1H3,(H,26,27);1H/t16-,20+;/m1./s1. The van der Waals surface area contributed by atoms with Gasteiger partial charge >= 0.3 is 12.1 Å². The van der Waals surface area contributed by atoms with Gasteiger partial charge in [-0.25, -0.2) is 0 Å². The minimum Gasteiger partial charge on any atom is -0.480 e. The Morgan fingerprint density at radius 3 is 2.39 bits per heavy atom. The quantitative estimate of drug-likeness (QED) is 0.762. The van der Waals surface area contributed by atoms with E-state index in [0.29, 0.717) is 6.54 Å². The van der Waals surface area contributed by atoms with E-state index in [1.165, 1.54) is 5.56 Å². The van der Waals surface area contributed by atoms with Crippen LogP contribution >= 0.6 is 12.4 Å². The number of hydrogen-bond acceptors (Lipinski definition) is 2. The van der Waals surface area contributed by atoms with Crippen LogP contribution in [-0.4, -0.2) is 36.1 Å². The van der Waals surface area contributed by atoms with E-state index in [4.69, 9.17) is 5.11 Å². The Labute approximate surface area is 168 Å². The summed E-state index contributed by atoms with van der Waals surface area (Å²) in [5.74, 6) is -0.797. The normalized spacial score (nSPS) is 19.0. The van der Waals surface area contributed by atoms with Crippen LogP contribution in [0, 0.1) is 5.92 Å². The van der Waals surface area contributed by atoms with Crippen LogP contribution in [0.5, 0.6) is 0 Å². The van der Waals surface area contributed by atoms with Crippen molar-refractivity contribution in [3.8, 4) is 0 Å². The molecule has 3 rings (SSSR count). The highest BCUT2D eigenvalue weighted by molar-refractivity contribution is 5.85. The van der Waals surface area contributed by atoms with Gasteiger partial charge in [-0.2, -0.15) is 13.2 Å². The van der Waals surface area contributed by atoms with E-state index in [1.54, 1.807) is 24.1 Å². The van der Waals surface area contributed by atoms with Crippen molar-refractivity contribution in [2.45, 2.75) is 24.9 Å². The Morgan fingerprint density at radius 2 is 1.79 bits per heavy atom. The van der Waals surface area contributed by atoms with Crippen molar-refractivity contribution < 1.29 is 23.1 Å². The Balaban J connectivity index is 0.00000280. The predicted octanol–water partition coefficient (Wildman–Crippen LogP) is 4.84. The molecule has 0 bridgehead atoms. The smallest absolute Gasteiger partial charge is 0.416 e. The average Bonchev–Trinajstić information content (AvgIpc) is 2.60. The molecule has 3 nitrogen and oxygen atoms in total. The van der Waals surface area contributed by atoms with Crippen LogP contribution in [0.15, 0.2) is 48.5 Å². The lowest BCUT2D eigenvalue weighted by Gasteiger charge is -2.36. The molecular formula is C21H23ClF3NO2. The van der Waals surface area contributed by atoms with Gasteiger partial charge in [0.2, 0.25) is 0 Å². The molecule has 1 aliphatic carbocycles. The summed E-state index contributed by atoms with van der Waals surface area (Å²) < 4.78 is 38.7. The second-order valence-corrected chi connectivity index (χ2v) is 7.19. The Hall–Kier alpha value is -2.05. The molecule has 0 aliphatic heterocycles. The van der Waals surface area contributed by atoms with Crippen molar-refractivity contribution in [3.05, 3.63) is 70.8 Å². The largest absolute Gasteiger partial charge is 0.480 e. The zero-order chi connectivity index (χ0) is 19.6. The average molecular weight is 414 g/mol. The van der Waals surface area contributed by atoms with Gasteiger partial charge in [-0.05, 0) is 54.6 Å². The first-order valence-electron chi connectivity index (χ1n) is 8.91. The maximum atomic E-state index is 12.9. The van der Waals surface area contributed by atoms with E-state index in [1.807, 2.05) is 18.2 Å². The minimum atomic E-state index is -4.36. The number of nitrogens with zero attached hydrogens (tertiary/aromatic N) is 1. The number of rotatable bonds is 5. The summed E-state index contributed by atoms with van der Waals surface area (Å²) in [6, 6.07) is 13.4. The van der Waals surface area contributed by atoms with Crippen molar-refractivity contribution in [1.29, 1.82) is 0 Å². The number of benzene rings is 2. The fourth-order valence-electron chi connectivity index (χ4n) is 4.05. The van der Waals surface area contributed by atoms with Gasteiger partial charge in [0.15, 0.2) is 0 Å². The van der Waals surface area contributed by atoms with Crippen molar-refractivity contribution >= 4 is 18.4 Å². The van der Waals surface area contributed by atoms with Gasteiger partial charge in [0.25, 0.3) is 0 Å². The van der Waals surface area contributed by atoms with Crippen LogP contribution in [0.1, 0.15) is 34.6 Å². The molecule has 1 N–H and O–H groups in total. The van der Waals surface area contributed by atoms with E-state index in [9.17, 15) is 18.0 Å². The minimum absolute atomic E-state index is 0. The molecule has 0 heterocycles. The summed E-state index contributed by atoms with van der Waals surface area (Å²) in [5, 5.41) is 9.01. The number of likely N-dealkylation sites (N-methyl/N-ethyl adjacent to an activating group) is 1.